The zero-order chi connectivity index (χ0) is 14.9. The van der Waals surface area contributed by atoms with Crippen molar-refractivity contribution in [2.75, 3.05) is 5.32 Å². The second kappa shape index (κ2) is 5.80. The topological polar surface area (TPSA) is 12.0 Å². The summed E-state index contributed by atoms with van der Waals surface area (Å²) in [6, 6.07) is 7.56. The lowest BCUT2D eigenvalue weighted by molar-refractivity contribution is 0.571. The molecular weight excluding hydrogens is 280 g/mol. The third-order valence-electron chi connectivity index (χ3n) is 3.38. The number of rotatable bonds is 3. The van der Waals surface area contributed by atoms with Gasteiger partial charge in [0.05, 0.1) is 6.04 Å². The molecule has 0 radical (unpaired) electrons. The van der Waals surface area contributed by atoms with E-state index in [0.717, 1.165) is 11.3 Å². The van der Waals surface area contributed by atoms with Crippen molar-refractivity contribution in [3.8, 4) is 0 Å². The first-order chi connectivity index (χ1) is 9.40. The SMILES string of the molecule is Cc1cc(F)c(C(C)Nc2cccc(Cl)c2C)cc1F. The lowest BCUT2D eigenvalue weighted by Gasteiger charge is -2.19. The minimum absolute atomic E-state index is 0.299. The Kier molecular flexibility index (Phi) is 4.29. The summed E-state index contributed by atoms with van der Waals surface area (Å²) in [7, 11) is 0. The van der Waals surface area contributed by atoms with Gasteiger partial charge in [-0.3, -0.25) is 0 Å². The molecule has 20 heavy (non-hydrogen) atoms. The van der Waals surface area contributed by atoms with E-state index in [0.29, 0.717) is 16.1 Å². The number of aryl methyl sites for hydroxylation is 1. The van der Waals surface area contributed by atoms with Gasteiger partial charge in [-0.25, -0.2) is 8.78 Å². The summed E-state index contributed by atoms with van der Waals surface area (Å²) >= 11 is 6.05. The van der Waals surface area contributed by atoms with Crippen LogP contribution in [-0.4, -0.2) is 0 Å². The van der Waals surface area contributed by atoms with Crippen LogP contribution in [0.4, 0.5) is 14.5 Å². The van der Waals surface area contributed by atoms with Crippen LogP contribution in [0.1, 0.15) is 29.7 Å². The number of benzene rings is 2. The quantitative estimate of drug-likeness (QED) is 0.798. The molecule has 0 bridgehead atoms. The molecule has 0 aromatic heterocycles. The van der Waals surface area contributed by atoms with Crippen molar-refractivity contribution in [1.82, 2.24) is 0 Å². The molecule has 0 spiro atoms. The van der Waals surface area contributed by atoms with Crippen molar-refractivity contribution < 1.29 is 8.78 Å². The Balaban J connectivity index is 2.31. The van der Waals surface area contributed by atoms with Gasteiger partial charge in [0.1, 0.15) is 11.6 Å². The van der Waals surface area contributed by atoms with Gasteiger partial charge in [-0.05, 0) is 56.2 Å². The second-order valence-corrected chi connectivity index (χ2v) is 5.31. The van der Waals surface area contributed by atoms with Gasteiger partial charge in [0.25, 0.3) is 0 Å². The van der Waals surface area contributed by atoms with E-state index in [1.807, 2.05) is 19.1 Å². The molecule has 1 unspecified atom stereocenters. The molecule has 0 heterocycles. The van der Waals surface area contributed by atoms with Gasteiger partial charge < -0.3 is 5.32 Å². The van der Waals surface area contributed by atoms with Crippen molar-refractivity contribution in [2.24, 2.45) is 0 Å². The summed E-state index contributed by atoms with van der Waals surface area (Å²) in [6.07, 6.45) is 0. The van der Waals surface area contributed by atoms with Crippen LogP contribution in [0.5, 0.6) is 0 Å². The summed E-state index contributed by atoms with van der Waals surface area (Å²) in [5.41, 5.74) is 2.30. The molecule has 106 valence electrons. The molecule has 2 aromatic carbocycles. The lowest BCUT2D eigenvalue weighted by Crippen LogP contribution is -2.10. The normalized spacial score (nSPS) is 12.3. The highest BCUT2D eigenvalue weighted by atomic mass is 35.5. The van der Waals surface area contributed by atoms with Crippen molar-refractivity contribution in [3.63, 3.8) is 0 Å². The Labute approximate surface area is 122 Å². The maximum Gasteiger partial charge on any atom is 0.128 e. The lowest BCUT2D eigenvalue weighted by atomic mass is 10.0. The summed E-state index contributed by atoms with van der Waals surface area (Å²) in [5, 5.41) is 3.80. The maximum absolute atomic E-state index is 13.9. The van der Waals surface area contributed by atoms with Gasteiger partial charge in [-0.2, -0.15) is 0 Å². The Morgan fingerprint density at radius 1 is 1.10 bits per heavy atom. The highest BCUT2D eigenvalue weighted by Crippen LogP contribution is 2.28. The maximum atomic E-state index is 13.9. The summed E-state index contributed by atoms with van der Waals surface area (Å²) in [6.45, 7) is 5.21. The molecule has 0 fully saturated rings. The van der Waals surface area contributed by atoms with E-state index in [9.17, 15) is 8.78 Å². The molecule has 0 saturated carbocycles. The number of anilines is 1. The number of nitrogens with one attached hydrogen (secondary N) is 1. The van der Waals surface area contributed by atoms with Crippen molar-refractivity contribution in [3.05, 3.63) is 63.7 Å². The largest absolute Gasteiger partial charge is 0.378 e. The molecule has 1 N–H and O–H groups in total. The van der Waals surface area contributed by atoms with E-state index in [-0.39, 0.29) is 6.04 Å². The molecule has 4 heteroatoms. The van der Waals surface area contributed by atoms with Crippen molar-refractivity contribution in [2.45, 2.75) is 26.8 Å². The highest BCUT2D eigenvalue weighted by Gasteiger charge is 2.15. The zero-order valence-corrected chi connectivity index (χ0v) is 12.4. The summed E-state index contributed by atoms with van der Waals surface area (Å²) in [5.74, 6) is -0.818. The fourth-order valence-electron chi connectivity index (χ4n) is 2.07. The van der Waals surface area contributed by atoms with Gasteiger partial charge >= 0.3 is 0 Å². The monoisotopic (exact) mass is 295 g/mol. The smallest absolute Gasteiger partial charge is 0.128 e. The molecular formula is C16H16ClF2N. The van der Waals surface area contributed by atoms with Crippen LogP contribution in [0.15, 0.2) is 30.3 Å². The van der Waals surface area contributed by atoms with Crippen LogP contribution in [0, 0.1) is 25.5 Å². The van der Waals surface area contributed by atoms with Crippen LogP contribution in [-0.2, 0) is 0 Å². The minimum atomic E-state index is -0.413. The zero-order valence-electron chi connectivity index (χ0n) is 11.6. The van der Waals surface area contributed by atoms with Gasteiger partial charge in [0.15, 0.2) is 0 Å². The molecule has 0 saturated heterocycles. The van der Waals surface area contributed by atoms with Crippen LogP contribution in [0.3, 0.4) is 0 Å². The first-order valence-electron chi connectivity index (χ1n) is 6.37. The Morgan fingerprint density at radius 2 is 1.80 bits per heavy atom. The molecule has 2 rings (SSSR count). The van der Waals surface area contributed by atoms with E-state index in [2.05, 4.69) is 5.32 Å². The Hall–Kier alpha value is -1.61. The van der Waals surface area contributed by atoms with Crippen LogP contribution in [0.2, 0.25) is 5.02 Å². The minimum Gasteiger partial charge on any atom is -0.378 e. The number of hydrogen-bond donors (Lipinski definition) is 1. The van der Waals surface area contributed by atoms with E-state index in [1.54, 1.807) is 19.9 Å². The van der Waals surface area contributed by atoms with Gasteiger partial charge in [0, 0.05) is 16.3 Å². The van der Waals surface area contributed by atoms with E-state index < -0.39 is 11.6 Å². The predicted molar refractivity (Wildman–Crippen MR) is 79.3 cm³/mol. The van der Waals surface area contributed by atoms with Crippen LogP contribution in [0.25, 0.3) is 0 Å². The average Bonchev–Trinajstić information content (AvgIpc) is 2.39. The van der Waals surface area contributed by atoms with E-state index in [4.69, 9.17) is 11.6 Å². The molecule has 0 amide bonds. The second-order valence-electron chi connectivity index (χ2n) is 4.90. The number of halogens is 3. The Morgan fingerprint density at radius 3 is 2.50 bits per heavy atom. The number of hydrogen-bond acceptors (Lipinski definition) is 1. The van der Waals surface area contributed by atoms with Crippen LogP contribution < -0.4 is 5.32 Å². The third kappa shape index (κ3) is 2.93. The van der Waals surface area contributed by atoms with Gasteiger partial charge in [-0.1, -0.05) is 17.7 Å². The molecule has 0 aliphatic heterocycles. The van der Waals surface area contributed by atoms with Crippen molar-refractivity contribution in [1.29, 1.82) is 0 Å². The van der Waals surface area contributed by atoms with Crippen molar-refractivity contribution >= 4 is 17.3 Å². The standard InChI is InChI=1S/C16H16ClF2N/c1-9-7-15(19)12(8-14(9)18)11(3)20-16-6-4-5-13(17)10(16)2/h4-8,11,20H,1-3H3. The van der Waals surface area contributed by atoms with Gasteiger partial charge in [0.2, 0.25) is 0 Å². The van der Waals surface area contributed by atoms with Crippen LogP contribution >= 0.6 is 11.6 Å². The summed E-state index contributed by atoms with van der Waals surface area (Å²) in [4.78, 5) is 0. The molecule has 1 nitrogen and oxygen atoms in total. The fourth-order valence-corrected chi connectivity index (χ4v) is 2.24. The van der Waals surface area contributed by atoms with E-state index >= 15 is 0 Å². The predicted octanol–water partition coefficient (Wildman–Crippen LogP) is 5.41. The highest BCUT2D eigenvalue weighted by molar-refractivity contribution is 6.31. The first kappa shape index (κ1) is 14.8. The fraction of sp³-hybridized carbons (Fsp3) is 0.250. The molecule has 0 aliphatic rings. The molecule has 1 atom stereocenters. The average molecular weight is 296 g/mol. The molecule has 2 aromatic rings. The molecule has 0 aliphatic carbocycles. The third-order valence-corrected chi connectivity index (χ3v) is 3.79. The first-order valence-corrected chi connectivity index (χ1v) is 6.75. The summed E-state index contributed by atoms with van der Waals surface area (Å²) < 4.78 is 27.5. The Bertz CT molecular complexity index is 641. The van der Waals surface area contributed by atoms with Gasteiger partial charge in [-0.15, -0.1) is 0 Å². The van der Waals surface area contributed by atoms with E-state index in [1.165, 1.54) is 12.1 Å².